The average Bonchev–Trinajstić information content (AvgIpc) is 2.26. The molecule has 1 aliphatic rings. The smallest absolute Gasteiger partial charge is 0.0331 e. The van der Waals surface area contributed by atoms with Crippen molar-refractivity contribution < 1.29 is 0 Å². The lowest BCUT2D eigenvalue weighted by molar-refractivity contribution is 0.353. The van der Waals surface area contributed by atoms with Crippen LogP contribution in [-0.4, -0.2) is 18.3 Å². The Bertz CT molecular complexity index is 385. The van der Waals surface area contributed by atoms with E-state index in [1.165, 1.54) is 29.7 Å². The minimum Gasteiger partial charge on any atom is -0.318 e. The van der Waals surface area contributed by atoms with Crippen LogP contribution < -0.4 is 5.32 Å². The van der Waals surface area contributed by atoms with Gasteiger partial charge in [0.05, 0.1) is 0 Å². The van der Waals surface area contributed by atoms with E-state index in [2.05, 4.69) is 69.2 Å². The van der Waals surface area contributed by atoms with Gasteiger partial charge in [0, 0.05) is 16.2 Å². The third-order valence-electron chi connectivity index (χ3n) is 3.82. The molecule has 0 atom stereocenters. The van der Waals surface area contributed by atoms with Crippen LogP contribution in [0.4, 0.5) is 0 Å². The van der Waals surface area contributed by atoms with E-state index >= 15 is 0 Å². The van der Waals surface area contributed by atoms with E-state index in [4.69, 9.17) is 0 Å². The molecular weight excluding hydrogens is 238 g/mol. The summed E-state index contributed by atoms with van der Waals surface area (Å²) in [5.41, 5.74) is 1.67. The van der Waals surface area contributed by atoms with E-state index in [0.717, 1.165) is 6.54 Å². The molecule has 1 aromatic carbocycles. The highest BCUT2D eigenvalue weighted by atomic mass is 32.2. The van der Waals surface area contributed by atoms with Crippen molar-refractivity contribution >= 4 is 11.8 Å². The fourth-order valence-corrected chi connectivity index (χ4v) is 3.96. The summed E-state index contributed by atoms with van der Waals surface area (Å²) in [6.07, 6.45) is 4.08. The van der Waals surface area contributed by atoms with Gasteiger partial charge >= 0.3 is 0 Å². The van der Waals surface area contributed by atoms with Gasteiger partial charge in [-0.2, -0.15) is 0 Å². The van der Waals surface area contributed by atoms with Gasteiger partial charge in [-0.1, -0.05) is 39.3 Å². The Kier molecular flexibility index (Phi) is 4.08. The van der Waals surface area contributed by atoms with Crippen LogP contribution in [0.3, 0.4) is 0 Å². The largest absolute Gasteiger partial charge is 0.318 e. The number of benzene rings is 1. The van der Waals surface area contributed by atoms with Crippen molar-refractivity contribution in [1.29, 1.82) is 0 Å². The van der Waals surface area contributed by atoms with E-state index in [1.54, 1.807) is 0 Å². The molecule has 1 fully saturated rings. The van der Waals surface area contributed by atoms with Crippen LogP contribution in [0.5, 0.6) is 0 Å². The molecule has 100 valence electrons. The van der Waals surface area contributed by atoms with E-state index in [-0.39, 0.29) is 5.41 Å². The van der Waals surface area contributed by atoms with Gasteiger partial charge in [0.1, 0.15) is 0 Å². The molecule has 0 saturated heterocycles. The summed E-state index contributed by atoms with van der Waals surface area (Å²) < 4.78 is 0.456. The Morgan fingerprint density at radius 3 is 2.17 bits per heavy atom. The molecule has 0 bridgehead atoms. The molecule has 18 heavy (non-hydrogen) atoms. The first-order chi connectivity index (χ1) is 8.45. The van der Waals surface area contributed by atoms with Gasteiger partial charge in [-0.15, -0.1) is 11.8 Å². The van der Waals surface area contributed by atoms with Crippen LogP contribution in [0.2, 0.25) is 0 Å². The second-order valence-electron chi connectivity index (χ2n) is 6.44. The summed E-state index contributed by atoms with van der Waals surface area (Å²) in [7, 11) is 2.06. The Hall–Kier alpha value is -0.470. The summed E-state index contributed by atoms with van der Waals surface area (Å²) >= 11 is 2.06. The molecule has 2 heteroatoms. The zero-order valence-electron chi connectivity index (χ0n) is 12.0. The highest BCUT2D eigenvalue weighted by molar-refractivity contribution is 8.00. The van der Waals surface area contributed by atoms with Crippen molar-refractivity contribution in [2.45, 2.75) is 55.1 Å². The maximum atomic E-state index is 3.35. The summed E-state index contributed by atoms with van der Waals surface area (Å²) in [5, 5.41) is 3.35. The minimum absolute atomic E-state index is 0.252. The van der Waals surface area contributed by atoms with Crippen LogP contribution in [0, 0.1) is 0 Å². The fourth-order valence-electron chi connectivity index (χ4n) is 2.48. The Morgan fingerprint density at radius 2 is 1.78 bits per heavy atom. The normalized spacial score (nSPS) is 18.4. The first-order valence-electron chi connectivity index (χ1n) is 6.89. The quantitative estimate of drug-likeness (QED) is 0.873. The average molecular weight is 263 g/mol. The van der Waals surface area contributed by atoms with Crippen molar-refractivity contribution in [2.75, 3.05) is 13.6 Å². The number of hydrogen-bond acceptors (Lipinski definition) is 2. The summed E-state index contributed by atoms with van der Waals surface area (Å²) in [6, 6.07) is 9.16. The molecule has 0 aromatic heterocycles. The van der Waals surface area contributed by atoms with Crippen LogP contribution in [0.25, 0.3) is 0 Å². The monoisotopic (exact) mass is 263 g/mol. The lowest BCUT2D eigenvalue weighted by atomic mass is 9.84. The van der Waals surface area contributed by atoms with Crippen molar-refractivity contribution in [1.82, 2.24) is 5.32 Å². The number of rotatable bonds is 4. The molecule has 0 aliphatic heterocycles. The SMILES string of the molecule is CNCC1(Sc2ccc(C(C)(C)C)cc2)CCC1. The van der Waals surface area contributed by atoms with E-state index in [0.29, 0.717) is 4.75 Å². The maximum Gasteiger partial charge on any atom is 0.0331 e. The van der Waals surface area contributed by atoms with E-state index in [9.17, 15) is 0 Å². The predicted octanol–water partition coefficient (Wildman–Crippen LogP) is 4.22. The molecule has 1 nitrogen and oxygen atoms in total. The van der Waals surface area contributed by atoms with Gasteiger partial charge in [-0.3, -0.25) is 0 Å². The maximum absolute atomic E-state index is 3.35. The Morgan fingerprint density at radius 1 is 1.17 bits per heavy atom. The van der Waals surface area contributed by atoms with E-state index in [1.807, 2.05) is 0 Å². The Balaban J connectivity index is 2.06. The molecule has 0 heterocycles. The third-order valence-corrected chi connectivity index (χ3v) is 5.31. The zero-order chi connectivity index (χ0) is 13.2. The summed E-state index contributed by atoms with van der Waals surface area (Å²) in [6.45, 7) is 7.93. The molecule has 0 unspecified atom stereocenters. The molecule has 1 saturated carbocycles. The molecule has 1 aliphatic carbocycles. The lowest BCUT2D eigenvalue weighted by Gasteiger charge is -2.41. The van der Waals surface area contributed by atoms with Gasteiger partial charge in [-0.25, -0.2) is 0 Å². The first-order valence-corrected chi connectivity index (χ1v) is 7.71. The molecule has 1 aromatic rings. The van der Waals surface area contributed by atoms with E-state index < -0.39 is 0 Å². The lowest BCUT2D eigenvalue weighted by Crippen LogP contribution is -2.42. The molecule has 0 radical (unpaired) electrons. The zero-order valence-corrected chi connectivity index (χ0v) is 12.9. The van der Waals surface area contributed by atoms with Gasteiger partial charge in [0.15, 0.2) is 0 Å². The van der Waals surface area contributed by atoms with Gasteiger partial charge < -0.3 is 5.32 Å². The van der Waals surface area contributed by atoms with Gasteiger partial charge in [-0.05, 0) is 43.0 Å². The molecule has 1 N–H and O–H groups in total. The van der Waals surface area contributed by atoms with Crippen molar-refractivity contribution in [3.05, 3.63) is 29.8 Å². The van der Waals surface area contributed by atoms with Crippen molar-refractivity contribution in [2.24, 2.45) is 0 Å². The first kappa shape index (κ1) is 14.0. The van der Waals surface area contributed by atoms with Gasteiger partial charge in [0.25, 0.3) is 0 Å². The predicted molar refractivity (Wildman–Crippen MR) is 81.5 cm³/mol. The highest BCUT2D eigenvalue weighted by Crippen LogP contribution is 2.47. The third kappa shape index (κ3) is 3.10. The minimum atomic E-state index is 0.252. The van der Waals surface area contributed by atoms with Crippen molar-refractivity contribution in [3.8, 4) is 0 Å². The molecule has 0 spiro atoms. The molecular formula is C16H25NS. The summed E-state index contributed by atoms with van der Waals surface area (Å²) in [5.74, 6) is 0. The standard InChI is InChI=1S/C16H25NS/c1-15(2,3)13-6-8-14(9-7-13)18-16(12-17-4)10-5-11-16/h6-9,17H,5,10-12H2,1-4H3. The van der Waals surface area contributed by atoms with Gasteiger partial charge in [0.2, 0.25) is 0 Å². The van der Waals surface area contributed by atoms with Crippen LogP contribution >= 0.6 is 11.8 Å². The number of nitrogens with one attached hydrogen (secondary N) is 1. The number of thioether (sulfide) groups is 1. The van der Waals surface area contributed by atoms with Crippen LogP contribution in [0.15, 0.2) is 29.2 Å². The van der Waals surface area contributed by atoms with Crippen LogP contribution in [0.1, 0.15) is 45.6 Å². The highest BCUT2D eigenvalue weighted by Gasteiger charge is 2.37. The second-order valence-corrected chi connectivity index (χ2v) is 7.98. The topological polar surface area (TPSA) is 12.0 Å². The molecule has 2 rings (SSSR count). The fraction of sp³-hybridized carbons (Fsp3) is 0.625. The summed E-state index contributed by atoms with van der Waals surface area (Å²) in [4.78, 5) is 1.41. The van der Waals surface area contributed by atoms with Crippen molar-refractivity contribution in [3.63, 3.8) is 0 Å². The number of hydrogen-bond donors (Lipinski definition) is 1. The Labute approximate surface area is 116 Å². The molecule has 0 amide bonds. The second kappa shape index (κ2) is 5.26. The van der Waals surface area contributed by atoms with Crippen LogP contribution in [-0.2, 0) is 5.41 Å².